The highest BCUT2D eigenvalue weighted by molar-refractivity contribution is 7.18. The molecule has 0 bridgehead atoms. The maximum Gasteiger partial charge on any atom is 0.346 e. The van der Waals surface area contributed by atoms with E-state index in [1.54, 1.807) is 19.1 Å². The van der Waals surface area contributed by atoms with Crippen LogP contribution in [-0.2, 0) is 6.54 Å². The smallest absolute Gasteiger partial charge is 0.346 e. The van der Waals surface area contributed by atoms with Crippen molar-refractivity contribution in [3.05, 3.63) is 75.1 Å². The molecule has 1 fully saturated rings. The Morgan fingerprint density at radius 3 is 2.39 bits per heavy atom. The van der Waals surface area contributed by atoms with Gasteiger partial charge in [0.15, 0.2) is 0 Å². The van der Waals surface area contributed by atoms with Crippen molar-refractivity contribution in [1.29, 1.82) is 0 Å². The quantitative estimate of drug-likeness (QED) is 0.529. The highest BCUT2D eigenvalue weighted by Gasteiger charge is 2.27. The van der Waals surface area contributed by atoms with E-state index < -0.39 is 5.97 Å². The van der Waals surface area contributed by atoms with Crippen LogP contribution in [0.5, 0.6) is 0 Å². The number of carbonyl (C=O) groups excluding carboxylic acids is 1. The number of likely N-dealkylation sites (N-methyl/N-ethyl adjacent to an activating group) is 1. The summed E-state index contributed by atoms with van der Waals surface area (Å²) in [5.41, 5.74) is 3.74. The number of aromatic carboxylic acids is 1. The lowest BCUT2D eigenvalue weighted by Gasteiger charge is -2.35. The number of nitrogens with one attached hydrogen (secondary N) is 1. The summed E-state index contributed by atoms with van der Waals surface area (Å²) in [5, 5.41) is 13.3. The minimum atomic E-state index is -1.02. The Balaban J connectivity index is 1.71. The summed E-state index contributed by atoms with van der Waals surface area (Å²) in [6.07, 6.45) is 0. The molecule has 0 spiro atoms. The Labute approximate surface area is 202 Å². The predicted octanol–water partition coefficient (Wildman–Crippen LogP) is 4.76. The summed E-state index contributed by atoms with van der Waals surface area (Å²) < 4.78 is 0. The van der Waals surface area contributed by atoms with E-state index in [9.17, 15) is 14.7 Å². The van der Waals surface area contributed by atoms with Gasteiger partial charge in [0.05, 0.1) is 10.4 Å². The second-order valence-corrected chi connectivity index (χ2v) is 9.64. The van der Waals surface area contributed by atoms with Crippen LogP contribution in [-0.4, -0.2) is 55.1 Å². The molecule has 1 aliphatic heterocycles. The highest BCUT2D eigenvalue weighted by Crippen LogP contribution is 2.41. The molecule has 6 nitrogen and oxygen atoms in total. The first-order chi connectivity index (χ1) is 15.8. The fraction of sp³-hybridized carbons (Fsp3) is 0.280. The molecule has 2 heterocycles. The monoisotopic (exact) mass is 483 g/mol. The average molecular weight is 484 g/mol. The Kier molecular flexibility index (Phi) is 7.02. The first-order valence-corrected chi connectivity index (χ1v) is 12.0. The molecule has 1 aromatic heterocycles. The van der Waals surface area contributed by atoms with Crippen LogP contribution in [0.2, 0.25) is 5.02 Å². The Bertz CT molecular complexity index is 1170. The van der Waals surface area contributed by atoms with Crippen molar-refractivity contribution in [3.63, 3.8) is 0 Å². The molecule has 2 aromatic carbocycles. The van der Waals surface area contributed by atoms with Crippen LogP contribution in [0.3, 0.4) is 0 Å². The fourth-order valence-corrected chi connectivity index (χ4v) is 5.35. The fourth-order valence-electron chi connectivity index (χ4n) is 4.04. The van der Waals surface area contributed by atoms with E-state index in [-0.39, 0.29) is 10.8 Å². The number of hydrogen-bond donors (Lipinski definition) is 2. The van der Waals surface area contributed by atoms with Crippen LogP contribution in [0.4, 0.5) is 5.69 Å². The van der Waals surface area contributed by atoms with Crippen LogP contribution in [0.25, 0.3) is 10.4 Å². The molecular formula is C25H26ClN3O3S. The third-order valence-corrected chi connectivity index (χ3v) is 7.49. The number of carboxylic acid groups (broad SMARTS) is 1. The third-order valence-electron chi connectivity index (χ3n) is 5.93. The summed E-state index contributed by atoms with van der Waals surface area (Å²) in [5.74, 6) is -1.30. The maximum absolute atomic E-state index is 13.3. The number of anilines is 1. The van der Waals surface area contributed by atoms with Crippen molar-refractivity contribution in [2.75, 3.05) is 38.1 Å². The lowest BCUT2D eigenvalue weighted by molar-refractivity contribution is 0.0701. The molecule has 4 rings (SSSR count). The van der Waals surface area contributed by atoms with E-state index in [1.807, 2.05) is 36.4 Å². The van der Waals surface area contributed by atoms with Gasteiger partial charge in [-0.25, -0.2) is 4.79 Å². The first kappa shape index (κ1) is 23.3. The molecule has 172 valence electrons. The van der Waals surface area contributed by atoms with Gasteiger partial charge >= 0.3 is 5.97 Å². The van der Waals surface area contributed by atoms with Gasteiger partial charge in [0, 0.05) is 49.0 Å². The zero-order valence-corrected chi connectivity index (χ0v) is 20.2. The lowest BCUT2D eigenvalue weighted by atomic mass is 10.0. The number of benzene rings is 2. The van der Waals surface area contributed by atoms with Gasteiger partial charge in [0.25, 0.3) is 5.91 Å². The van der Waals surface area contributed by atoms with Gasteiger partial charge in [0.1, 0.15) is 4.88 Å². The number of carboxylic acids is 1. The Hall–Kier alpha value is -2.87. The van der Waals surface area contributed by atoms with E-state index in [0.717, 1.165) is 54.3 Å². The van der Waals surface area contributed by atoms with Gasteiger partial charge in [-0.15, -0.1) is 11.3 Å². The maximum atomic E-state index is 13.3. The van der Waals surface area contributed by atoms with Crippen LogP contribution in [0.1, 0.15) is 31.2 Å². The normalized spacial score (nSPS) is 14.3. The number of hydrogen-bond acceptors (Lipinski definition) is 5. The minimum Gasteiger partial charge on any atom is -0.477 e. The third kappa shape index (κ3) is 5.05. The molecule has 1 amide bonds. The molecule has 0 aliphatic carbocycles. The molecule has 3 aromatic rings. The van der Waals surface area contributed by atoms with Gasteiger partial charge in [0.2, 0.25) is 0 Å². The van der Waals surface area contributed by atoms with Crippen molar-refractivity contribution < 1.29 is 14.7 Å². The largest absolute Gasteiger partial charge is 0.477 e. The van der Waals surface area contributed by atoms with Crippen molar-refractivity contribution in [1.82, 2.24) is 10.2 Å². The summed E-state index contributed by atoms with van der Waals surface area (Å²) in [6, 6.07) is 15.2. The van der Waals surface area contributed by atoms with Crippen molar-refractivity contribution >= 4 is 40.5 Å². The molecule has 0 unspecified atom stereocenters. The molecule has 0 saturated carbocycles. The first-order valence-electron chi connectivity index (χ1n) is 10.8. The van der Waals surface area contributed by atoms with E-state index in [4.69, 9.17) is 11.6 Å². The number of nitrogens with zero attached hydrogens (tertiary/aromatic N) is 2. The van der Waals surface area contributed by atoms with Gasteiger partial charge in [-0.05, 0) is 43.3 Å². The number of thiophene rings is 1. The predicted molar refractivity (Wildman–Crippen MR) is 134 cm³/mol. The molecule has 0 radical (unpaired) electrons. The molecule has 1 saturated heterocycles. The topological polar surface area (TPSA) is 72.9 Å². The minimum absolute atomic E-state index is 0.190. The molecule has 33 heavy (non-hydrogen) atoms. The van der Waals surface area contributed by atoms with Gasteiger partial charge < -0.3 is 20.2 Å². The summed E-state index contributed by atoms with van der Waals surface area (Å²) in [6.45, 7) is 5.69. The van der Waals surface area contributed by atoms with Crippen LogP contribution in [0.15, 0.2) is 48.5 Å². The number of carbonyl (C=O) groups is 2. The Morgan fingerprint density at radius 1 is 1.06 bits per heavy atom. The van der Waals surface area contributed by atoms with Gasteiger partial charge in [-0.1, -0.05) is 41.9 Å². The Morgan fingerprint density at radius 2 is 1.73 bits per heavy atom. The average Bonchev–Trinajstić information content (AvgIpc) is 3.16. The highest BCUT2D eigenvalue weighted by atomic mass is 35.5. The zero-order chi connectivity index (χ0) is 23.5. The lowest BCUT2D eigenvalue weighted by Crippen LogP contribution is -2.44. The molecule has 2 N–H and O–H groups in total. The van der Waals surface area contributed by atoms with E-state index in [1.165, 1.54) is 0 Å². The van der Waals surface area contributed by atoms with Crippen LogP contribution in [0, 0.1) is 6.92 Å². The van der Waals surface area contributed by atoms with Crippen molar-refractivity contribution in [2.45, 2.75) is 13.5 Å². The van der Waals surface area contributed by atoms with E-state index in [2.05, 4.69) is 22.2 Å². The van der Waals surface area contributed by atoms with Crippen molar-refractivity contribution in [2.24, 2.45) is 0 Å². The van der Waals surface area contributed by atoms with Crippen LogP contribution >= 0.6 is 22.9 Å². The van der Waals surface area contributed by atoms with Crippen molar-refractivity contribution in [3.8, 4) is 10.4 Å². The van der Waals surface area contributed by atoms with Gasteiger partial charge in [-0.2, -0.15) is 0 Å². The van der Waals surface area contributed by atoms with E-state index >= 15 is 0 Å². The summed E-state index contributed by atoms with van der Waals surface area (Å²) >= 11 is 7.11. The number of piperazine rings is 1. The van der Waals surface area contributed by atoms with Crippen LogP contribution < -0.4 is 10.2 Å². The summed E-state index contributed by atoms with van der Waals surface area (Å²) in [4.78, 5) is 30.7. The number of halogens is 1. The number of para-hydroxylation sites is 1. The standard InChI is InChI=1S/C25H26ClN3O3S/c1-16-21(24(30)27-15-17-7-9-18(26)10-8-17)23(33-22(16)25(31)32)19-5-3-4-6-20(19)29-13-11-28(2)12-14-29/h3-10H,11-15H2,1-2H3,(H,27,30)(H,31,32). The number of amides is 1. The molecule has 0 atom stereocenters. The molecule has 1 aliphatic rings. The second kappa shape index (κ2) is 9.95. The SMILES string of the molecule is Cc1c(C(=O)O)sc(-c2ccccc2N2CCN(C)CC2)c1C(=O)NCc1ccc(Cl)cc1. The van der Waals surface area contributed by atoms with E-state index in [0.29, 0.717) is 27.6 Å². The second-order valence-electron chi connectivity index (χ2n) is 8.18. The summed E-state index contributed by atoms with van der Waals surface area (Å²) in [7, 11) is 2.11. The van der Waals surface area contributed by atoms with Gasteiger partial charge in [-0.3, -0.25) is 4.79 Å². The molecule has 8 heteroatoms. The zero-order valence-electron chi connectivity index (χ0n) is 18.6. The number of rotatable bonds is 6. The molecular weight excluding hydrogens is 458 g/mol.